The van der Waals surface area contributed by atoms with Crippen molar-refractivity contribution in [2.24, 2.45) is 11.3 Å². The summed E-state index contributed by atoms with van der Waals surface area (Å²) in [5.41, 5.74) is 7.89. The molecule has 2 aromatic carbocycles. The summed E-state index contributed by atoms with van der Waals surface area (Å²) in [4.78, 5) is 0. The van der Waals surface area contributed by atoms with Crippen LogP contribution in [0.3, 0.4) is 0 Å². The molecule has 2 aromatic rings. The van der Waals surface area contributed by atoms with E-state index in [0.717, 1.165) is 10.0 Å². The van der Waals surface area contributed by atoms with E-state index in [4.69, 9.17) is 0 Å². The van der Waals surface area contributed by atoms with Crippen molar-refractivity contribution in [3.63, 3.8) is 0 Å². The van der Waals surface area contributed by atoms with Gasteiger partial charge in [0, 0.05) is 0 Å². The molecule has 1 unspecified atom stereocenters. The Labute approximate surface area is 173 Å². The molecule has 0 aromatic heterocycles. The summed E-state index contributed by atoms with van der Waals surface area (Å²) in [6, 6.07) is 16.1. The zero-order chi connectivity index (χ0) is 19.3. The van der Waals surface area contributed by atoms with Crippen molar-refractivity contribution in [2.45, 2.75) is 51.6 Å². The van der Waals surface area contributed by atoms with Crippen molar-refractivity contribution in [2.75, 3.05) is 0 Å². The van der Waals surface area contributed by atoms with Crippen LogP contribution in [0.4, 0.5) is 0 Å². The second kappa shape index (κ2) is 7.00. The second-order valence-corrected chi connectivity index (χ2v) is 17.1. The standard InChI is InChI=1S/C13H9.C10H15.C3H7.Zr/c1-3-7-12-10(5-1)9-11-6-2-4-8-13(11)12;1-8-5-6-9(7-8)10(2,3)4;1-3-2;/h1-5,7-8H,9H2;6-8H,1-4H3;3H,1-2H3;. The van der Waals surface area contributed by atoms with Gasteiger partial charge in [-0.1, -0.05) is 0 Å². The second-order valence-electron chi connectivity index (χ2n) is 9.49. The average molecular weight is 435 g/mol. The summed E-state index contributed by atoms with van der Waals surface area (Å²) >= 11 is -1.98. The number of hydrogen-bond donors (Lipinski definition) is 0. The van der Waals surface area contributed by atoms with E-state index in [-0.39, 0.29) is 5.41 Å². The van der Waals surface area contributed by atoms with Crippen LogP contribution < -0.4 is 3.27 Å². The molecule has 2 aliphatic rings. The van der Waals surface area contributed by atoms with Gasteiger partial charge in [-0.2, -0.15) is 0 Å². The van der Waals surface area contributed by atoms with Crippen molar-refractivity contribution in [1.29, 1.82) is 0 Å². The number of fused-ring (bicyclic) bond motifs is 3. The summed E-state index contributed by atoms with van der Waals surface area (Å²) < 4.78 is 4.31. The van der Waals surface area contributed by atoms with Crippen LogP contribution in [0, 0.1) is 11.3 Å². The van der Waals surface area contributed by atoms with Gasteiger partial charge < -0.3 is 0 Å². The fourth-order valence-corrected chi connectivity index (χ4v) is 12.8. The average Bonchev–Trinajstić information content (AvgIpc) is 3.16. The molecule has 2 aliphatic carbocycles. The van der Waals surface area contributed by atoms with Crippen LogP contribution in [0.5, 0.6) is 0 Å². The van der Waals surface area contributed by atoms with Crippen LogP contribution in [0.1, 0.15) is 52.7 Å². The molecule has 0 nitrogen and oxygen atoms in total. The maximum atomic E-state index is 2.60. The molecule has 0 heterocycles. The van der Waals surface area contributed by atoms with Gasteiger partial charge >= 0.3 is 174 Å². The molecular formula is C26H31Zr. The van der Waals surface area contributed by atoms with Gasteiger partial charge in [-0.3, -0.25) is 0 Å². The molecule has 0 fully saturated rings. The number of allylic oxidation sites excluding steroid dienone is 4. The van der Waals surface area contributed by atoms with Crippen LogP contribution in [-0.4, -0.2) is 0 Å². The Kier molecular flexibility index (Phi) is 4.96. The van der Waals surface area contributed by atoms with Gasteiger partial charge in [0.2, 0.25) is 0 Å². The molecule has 0 saturated carbocycles. The van der Waals surface area contributed by atoms with Gasteiger partial charge in [-0.15, -0.1) is 0 Å². The third-order valence-electron chi connectivity index (χ3n) is 6.13. The van der Waals surface area contributed by atoms with E-state index in [1.807, 2.05) is 0 Å². The SMILES string of the molecule is CC1C=C(C(C)(C)C)C=[C]1[Zr]([c]1cccc2c1Cc1ccccc1-2)[CH](C)C. The Hall–Kier alpha value is -1.20. The Balaban J connectivity index is 1.81. The van der Waals surface area contributed by atoms with E-state index in [1.54, 1.807) is 17.7 Å². The van der Waals surface area contributed by atoms with E-state index in [0.29, 0.717) is 5.92 Å². The number of rotatable bonds is 3. The zero-order valence-corrected chi connectivity index (χ0v) is 20.0. The third kappa shape index (κ3) is 3.38. The molecule has 27 heavy (non-hydrogen) atoms. The van der Waals surface area contributed by atoms with E-state index < -0.39 is 21.8 Å². The predicted octanol–water partition coefficient (Wildman–Crippen LogP) is 6.84. The molecule has 1 atom stereocenters. The monoisotopic (exact) mass is 433 g/mol. The molecule has 0 spiro atoms. The zero-order valence-electron chi connectivity index (χ0n) is 17.6. The third-order valence-corrected chi connectivity index (χ3v) is 14.5. The van der Waals surface area contributed by atoms with Gasteiger partial charge in [0.15, 0.2) is 0 Å². The van der Waals surface area contributed by atoms with Crippen LogP contribution in [0.2, 0.25) is 3.63 Å². The molecule has 139 valence electrons. The molecule has 1 heteroatoms. The van der Waals surface area contributed by atoms with E-state index >= 15 is 0 Å². The van der Waals surface area contributed by atoms with Crippen molar-refractivity contribution < 1.29 is 21.8 Å². The first-order valence-corrected chi connectivity index (χ1v) is 14.2. The summed E-state index contributed by atoms with van der Waals surface area (Å²) in [5.74, 6) is 0.607. The van der Waals surface area contributed by atoms with Crippen LogP contribution in [0.25, 0.3) is 11.1 Å². The van der Waals surface area contributed by atoms with E-state index in [9.17, 15) is 0 Å². The molecule has 0 aliphatic heterocycles. The van der Waals surface area contributed by atoms with Crippen molar-refractivity contribution in [3.05, 3.63) is 74.6 Å². The molecule has 0 saturated heterocycles. The van der Waals surface area contributed by atoms with Gasteiger partial charge in [0.1, 0.15) is 0 Å². The van der Waals surface area contributed by atoms with Gasteiger partial charge in [0.25, 0.3) is 0 Å². The van der Waals surface area contributed by atoms with Crippen molar-refractivity contribution in [3.8, 4) is 11.1 Å². The molecule has 0 bridgehead atoms. The Morgan fingerprint density at radius 1 is 0.963 bits per heavy atom. The molecular weight excluding hydrogens is 404 g/mol. The quantitative estimate of drug-likeness (QED) is 0.423. The summed E-state index contributed by atoms with van der Waals surface area (Å²) in [7, 11) is 0. The maximum absolute atomic E-state index is 2.60. The fraction of sp³-hybridized carbons (Fsp3) is 0.385. The molecule has 0 radical (unpaired) electrons. The topological polar surface area (TPSA) is 0 Å². The van der Waals surface area contributed by atoms with Crippen LogP contribution >= 0.6 is 0 Å². The van der Waals surface area contributed by atoms with Gasteiger partial charge in [0.05, 0.1) is 0 Å². The summed E-state index contributed by atoms with van der Waals surface area (Å²) in [6.07, 6.45) is 6.26. The Morgan fingerprint density at radius 2 is 1.67 bits per heavy atom. The first-order valence-electron chi connectivity index (χ1n) is 10.3. The van der Waals surface area contributed by atoms with Crippen LogP contribution in [0.15, 0.2) is 63.5 Å². The van der Waals surface area contributed by atoms with Gasteiger partial charge in [-0.25, -0.2) is 0 Å². The summed E-state index contributed by atoms with van der Waals surface area (Å²) in [5, 5.41) is 0. The van der Waals surface area contributed by atoms with E-state index in [2.05, 4.69) is 96.2 Å². The van der Waals surface area contributed by atoms with Crippen molar-refractivity contribution in [1.82, 2.24) is 0 Å². The number of hydrogen-bond acceptors (Lipinski definition) is 0. The van der Waals surface area contributed by atoms with E-state index in [1.165, 1.54) is 16.7 Å². The molecule has 0 amide bonds. The Bertz CT molecular complexity index is 937. The molecule has 4 rings (SSSR count). The number of benzene rings is 2. The minimum atomic E-state index is -1.98. The summed E-state index contributed by atoms with van der Waals surface area (Å²) in [6.45, 7) is 14.4. The Morgan fingerprint density at radius 3 is 2.33 bits per heavy atom. The van der Waals surface area contributed by atoms with Gasteiger partial charge in [-0.05, 0) is 0 Å². The fourth-order valence-electron chi connectivity index (χ4n) is 4.71. The predicted molar refractivity (Wildman–Crippen MR) is 114 cm³/mol. The first-order chi connectivity index (χ1) is 12.8. The molecule has 0 N–H and O–H groups in total. The van der Waals surface area contributed by atoms with Crippen molar-refractivity contribution >= 4 is 3.27 Å². The van der Waals surface area contributed by atoms with Crippen LogP contribution in [-0.2, 0) is 28.2 Å². The normalized spacial score (nSPS) is 18.3. The first kappa shape index (κ1) is 19.1. The minimum absolute atomic E-state index is 0.246.